The van der Waals surface area contributed by atoms with E-state index in [1.54, 1.807) is 40.3 Å². The molecule has 4 rings (SSSR count). The Morgan fingerprint density at radius 3 is 2.64 bits per heavy atom. The Kier molecular flexibility index (Phi) is 7.43. The van der Waals surface area contributed by atoms with Gasteiger partial charge in [0.15, 0.2) is 0 Å². The minimum absolute atomic E-state index is 0.0767. The lowest BCUT2D eigenvalue weighted by Gasteiger charge is -2.11. The molecule has 33 heavy (non-hydrogen) atoms. The molecule has 0 fully saturated rings. The molecule has 0 unspecified atom stereocenters. The molecule has 0 spiro atoms. The number of rotatable bonds is 9. The van der Waals surface area contributed by atoms with Crippen LogP contribution in [0.3, 0.4) is 0 Å². The van der Waals surface area contributed by atoms with Crippen LogP contribution in [0.1, 0.15) is 15.2 Å². The van der Waals surface area contributed by atoms with Crippen molar-refractivity contribution in [3.8, 4) is 0 Å². The standard InChI is InChI=1S/C22H19FN6O2S2/c23-15-7-9-16(10-8-15)24-21(31)18-5-1-2-6-19(18)25-20(30)14-33-22-26-27-28-29(22)12-11-17-4-3-13-32-17/h1-10,13H,11-12,14H2,(H,24,31)(H,25,30). The quantitative estimate of drug-likeness (QED) is 0.348. The van der Waals surface area contributed by atoms with Crippen molar-refractivity contribution < 1.29 is 14.0 Å². The van der Waals surface area contributed by atoms with Crippen LogP contribution in [0, 0.1) is 5.82 Å². The molecule has 2 N–H and O–H groups in total. The van der Waals surface area contributed by atoms with Crippen LogP contribution in [0.15, 0.2) is 71.2 Å². The molecule has 0 bridgehead atoms. The van der Waals surface area contributed by atoms with Crippen molar-refractivity contribution in [1.82, 2.24) is 20.2 Å². The molecule has 0 aliphatic carbocycles. The summed E-state index contributed by atoms with van der Waals surface area (Å²) in [4.78, 5) is 26.5. The van der Waals surface area contributed by atoms with Crippen molar-refractivity contribution in [2.45, 2.75) is 18.1 Å². The number of thioether (sulfide) groups is 1. The molecule has 4 aromatic rings. The van der Waals surface area contributed by atoms with Crippen LogP contribution in [-0.2, 0) is 17.8 Å². The summed E-state index contributed by atoms with van der Waals surface area (Å²) >= 11 is 2.89. The van der Waals surface area contributed by atoms with Crippen molar-refractivity contribution >= 4 is 46.3 Å². The topological polar surface area (TPSA) is 102 Å². The number of nitrogens with one attached hydrogen (secondary N) is 2. The molecule has 168 valence electrons. The van der Waals surface area contributed by atoms with Crippen LogP contribution >= 0.6 is 23.1 Å². The van der Waals surface area contributed by atoms with Gasteiger partial charge in [-0.05, 0) is 58.3 Å². The van der Waals surface area contributed by atoms with E-state index < -0.39 is 11.7 Å². The lowest BCUT2D eigenvalue weighted by Crippen LogP contribution is -2.19. The maximum atomic E-state index is 13.1. The number of hydrogen-bond donors (Lipinski definition) is 2. The molecule has 0 aliphatic rings. The van der Waals surface area contributed by atoms with Gasteiger partial charge >= 0.3 is 0 Å². The molecule has 11 heteroatoms. The molecule has 2 aromatic heterocycles. The fraction of sp³-hybridized carbons (Fsp3) is 0.136. The first-order valence-corrected chi connectivity index (χ1v) is 11.8. The highest BCUT2D eigenvalue weighted by Gasteiger charge is 2.15. The van der Waals surface area contributed by atoms with E-state index in [0.29, 0.717) is 28.6 Å². The van der Waals surface area contributed by atoms with E-state index in [9.17, 15) is 14.0 Å². The smallest absolute Gasteiger partial charge is 0.257 e. The van der Waals surface area contributed by atoms with Crippen molar-refractivity contribution in [2.24, 2.45) is 0 Å². The predicted octanol–water partition coefficient (Wildman–Crippen LogP) is 4.10. The zero-order chi connectivity index (χ0) is 23.0. The van der Waals surface area contributed by atoms with Gasteiger partial charge < -0.3 is 10.6 Å². The Bertz CT molecular complexity index is 1230. The largest absolute Gasteiger partial charge is 0.325 e. The van der Waals surface area contributed by atoms with E-state index in [2.05, 4.69) is 32.2 Å². The number of benzene rings is 2. The summed E-state index contributed by atoms with van der Waals surface area (Å²) in [6.45, 7) is 0.615. The average Bonchev–Trinajstić information content (AvgIpc) is 3.50. The van der Waals surface area contributed by atoms with Crippen LogP contribution in [-0.4, -0.2) is 37.8 Å². The molecule has 0 saturated heterocycles. The molecule has 0 radical (unpaired) electrons. The van der Waals surface area contributed by atoms with Crippen molar-refractivity contribution in [1.29, 1.82) is 0 Å². The second-order valence-corrected chi connectivity index (χ2v) is 8.83. The molecule has 0 atom stereocenters. The summed E-state index contributed by atoms with van der Waals surface area (Å²) in [6.07, 6.45) is 0.805. The van der Waals surface area contributed by atoms with Gasteiger partial charge in [-0.1, -0.05) is 30.0 Å². The monoisotopic (exact) mass is 482 g/mol. The van der Waals surface area contributed by atoms with E-state index in [1.807, 2.05) is 11.4 Å². The molecule has 2 aromatic carbocycles. The maximum Gasteiger partial charge on any atom is 0.257 e. The van der Waals surface area contributed by atoms with E-state index in [1.165, 1.54) is 40.9 Å². The maximum absolute atomic E-state index is 13.1. The van der Waals surface area contributed by atoms with E-state index in [4.69, 9.17) is 0 Å². The summed E-state index contributed by atoms with van der Waals surface area (Å²) in [5.41, 5.74) is 1.12. The first kappa shape index (κ1) is 22.6. The molecule has 8 nitrogen and oxygen atoms in total. The van der Waals surface area contributed by atoms with E-state index in [0.717, 1.165) is 6.42 Å². The van der Waals surface area contributed by atoms with Gasteiger partial charge in [0.2, 0.25) is 11.1 Å². The van der Waals surface area contributed by atoms with E-state index >= 15 is 0 Å². The van der Waals surface area contributed by atoms with Crippen LogP contribution in [0.2, 0.25) is 0 Å². The molecular weight excluding hydrogens is 463 g/mol. The van der Waals surface area contributed by atoms with Crippen molar-refractivity contribution in [3.63, 3.8) is 0 Å². The average molecular weight is 483 g/mol. The summed E-state index contributed by atoms with van der Waals surface area (Å²) in [5.74, 6) is -1.03. The number of thiophene rings is 1. The second-order valence-electron chi connectivity index (χ2n) is 6.86. The van der Waals surface area contributed by atoms with Crippen LogP contribution < -0.4 is 10.6 Å². The van der Waals surface area contributed by atoms with Gasteiger partial charge in [-0.15, -0.1) is 16.4 Å². The third kappa shape index (κ3) is 6.24. The number of aryl methyl sites for hydroxylation is 2. The summed E-state index contributed by atoms with van der Waals surface area (Å²) in [5, 5.41) is 19.7. The van der Waals surface area contributed by atoms with Crippen LogP contribution in [0.25, 0.3) is 0 Å². The zero-order valence-corrected chi connectivity index (χ0v) is 18.9. The van der Waals surface area contributed by atoms with Gasteiger partial charge in [-0.3, -0.25) is 9.59 Å². The number of tetrazole rings is 1. The van der Waals surface area contributed by atoms with Crippen molar-refractivity contribution in [2.75, 3.05) is 16.4 Å². The third-order valence-corrected chi connectivity index (χ3v) is 6.42. The van der Waals surface area contributed by atoms with Gasteiger partial charge in [0.1, 0.15) is 5.82 Å². The fourth-order valence-electron chi connectivity index (χ4n) is 2.95. The Labute approximate surface area is 197 Å². The number of aromatic nitrogens is 4. The predicted molar refractivity (Wildman–Crippen MR) is 126 cm³/mol. The Morgan fingerprint density at radius 1 is 1.03 bits per heavy atom. The number of nitrogens with zero attached hydrogens (tertiary/aromatic N) is 4. The molecule has 0 saturated carbocycles. The second kappa shape index (κ2) is 10.8. The molecule has 0 aliphatic heterocycles. The number of hydrogen-bond acceptors (Lipinski definition) is 7. The van der Waals surface area contributed by atoms with Crippen molar-refractivity contribution in [3.05, 3.63) is 82.3 Å². The van der Waals surface area contributed by atoms with E-state index in [-0.39, 0.29) is 11.7 Å². The Hall–Kier alpha value is -3.57. The molecule has 2 amide bonds. The normalized spacial score (nSPS) is 10.7. The summed E-state index contributed by atoms with van der Waals surface area (Å²) in [7, 11) is 0. The van der Waals surface area contributed by atoms with Gasteiger partial charge in [0.25, 0.3) is 5.91 Å². The Morgan fingerprint density at radius 2 is 1.85 bits per heavy atom. The summed E-state index contributed by atoms with van der Waals surface area (Å²) in [6, 6.07) is 16.2. The highest BCUT2D eigenvalue weighted by Crippen LogP contribution is 2.20. The third-order valence-electron chi connectivity index (χ3n) is 4.53. The van der Waals surface area contributed by atoms with Gasteiger partial charge in [-0.25, -0.2) is 9.07 Å². The first-order chi connectivity index (χ1) is 16.1. The Balaban J connectivity index is 1.34. The lowest BCUT2D eigenvalue weighted by atomic mass is 10.1. The fourth-order valence-corrected chi connectivity index (χ4v) is 4.35. The number of carbonyl (C=O) groups excluding carboxylic acids is 2. The summed E-state index contributed by atoms with van der Waals surface area (Å²) < 4.78 is 14.8. The minimum atomic E-state index is -0.414. The number of carbonyl (C=O) groups is 2. The van der Waals surface area contributed by atoms with Gasteiger partial charge in [0.05, 0.1) is 23.5 Å². The highest BCUT2D eigenvalue weighted by atomic mass is 32.2. The lowest BCUT2D eigenvalue weighted by molar-refractivity contribution is -0.113. The molecule has 2 heterocycles. The van der Waals surface area contributed by atoms with Gasteiger partial charge in [0, 0.05) is 17.0 Å². The van der Waals surface area contributed by atoms with Crippen LogP contribution in [0.4, 0.5) is 15.8 Å². The number of amides is 2. The number of halogens is 1. The molecular formula is C22H19FN6O2S2. The minimum Gasteiger partial charge on any atom is -0.325 e. The zero-order valence-electron chi connectivity index (χ0n) is 17.3. The number of anilines is 2. The van der Waals surface area contributed by atoms with Gasteiger partial charge in [-0.2, -0.15) is 0 Å². The highest BCUT2D eigenvalue weighted by molar-refractivity contribution is 7.99. The SMILES string of the molecule is O=C(CSc1nnnn1CCc1cccs1)Nc1ccccc1C(=O)Nc1ccc(F)cc1. The first-order valence-electron chi connectivity index (χ1n) is 9.95. The van der Waals surface area contributed by atoms with Crippen LogP contribution in [0.5, 0.6) is 0 Å². The number of para-hydroxylation sites is 1.